The molecule has 0 aliphatic rings. The normalized spacial score (nSPS) is 11.7. The predicted molar refractivity (Wildman–Crippen MR) is 62.6 cm³/mol. The summed E-state index contributed by atoms with van der Waals surface area (Å²) in [6.45, 7) is 4.01. The van der Waals surface area contributed by atoms with Crippen LogP contribution < -0.4 is 4.72 Å². The van der Waals surface area contributed by atoms with Crippen LogP contribution in [0.5, 0.6) is 0 Å². The van der Waals surface area contributed by atoms with Gasteiger partial charge >= 0.3 is 0 Å². The molecule has 16 heavy (non-hydrogen) atoms. The lowest BCUT2D eigenvalue weighted by Crippen LogP contribution is -2.24. The van der Waals surface area contributed by atoms with Crippen molar-refractivity contribution in [3.8, 4) is 0 Å². The van der Waals surface area contributed by atoms with E-state index >= 15 is 0 Å². The standard InChI is InChI=1S/C11H17NO3S/c1-3-6-12-16(14,15)11-5-4-9(2)10(7-11)8-13/h4-5,7,12-13H,3,6,8H2,1-2H3. The summed E-state index contributed by atoms with van der Waals surface area (Å²) in [6.07, 6.45) is 0.748. The minimum atomic E-state index is -3.43. The molecule has 0 fully saturated rings. The molecule has 2 N–H and O–H groups in total. The minimum absolute atomic E-state index is 0.150. The van der Waals surface area contributed by atoms with Gasteiger partial charge in [-0.1, -0.05) is 13.0 Å². The molecule has 0 spiro atoms. The van der Waals surface area contributed by atoms with Gasteiger partial charge in [-0.3, -0.25) is 0 Å². The molecule has 0 aliphatic heterocycles. The lowest BCUT2D eigenvalue weighted by molar-refractivity contribution is 0.280. The van der Waals surface area contributed by atoms with Gasteiger partial charge in [-0.05, 0) is 36.6 Å². The van der Waals surface area contributed by atoms with Crippen LogP contribution in [0.4, 0.5) is 0 Å². The fraction of sp³-hybridized carbons (Fsp3) is 0.455. The third-order valence-electron chi connectivity index (χ3n) is 2.34. The van der Waals surface area contributed by atoms with Gasteiger partial charge in [0.05, 0.1) is 11.5 Å². The zero-order valence-corrected chi connectivity index (χ0v) is 10.3. The first-order valence-corrected chi connectivity index (χ1v) is 6.69. The number of hydrogen-bond donors (Lipinski definition) is 2. The summed E-state index contributed by atoms with van der Waals surface area (Å²) in [5.41, 5.74) is 1.52. The highest BCUT2D eigenvalue weighted by Gasteiger charge is 2.13. The quantitative estimate of drug-likeness (QED) is 0.816. The molecule has 0 aliphatic carbocycles. The number of benzene rings is 1. The second-order valence-electron chi connectivity index (χ2n) is 3.64. The number of hydrogen-bond acceptors (Lipinski definition) is 3. The third kappa shape index (κ3) is 3.04. The van der Waals surface area contributed by atoms with Gasteiger partial charge in [0.2, 0.25) is 10.0 Å². The van der Waals surface area contributed by atoms with Gasteiger partial charge in [0.15, 0.2) is 0 Å². The Labute approximate surface area is 96.4 Å². The molecule has 0 unspecified atom stereocenters. The van der Waals surface area contributed by atoms with E-state index in [1.54, 1.807) is 12.1 Å². The Bertz CT molecular complexity index is 454. The number of aliphatic hydroxyl groups is 1. The molecule has 0 saturated heterocycles. The Morgan fingerprint density at radius 3 is 2.62 bits per heavy atom. The van der Waals surface area contributed by atoms with Gasteiger partial charge in [-0.15, -0.1) is 0 Å². The lowest BCUT2D eigenvalue weighted by Gasteiger charge is -2.08. The largest absolute Gasteiger partial charge is 0.392 e. The smallest absolute Gasteiger partial charge is 0.240 e. The summed E-state index contributed by atoms with van der Waals surface area (Å²) in [4.78, 5) is 0.204. The van der Waals surface area contributed by atoms with E-state index in [-0.39, 0.29) is 11.5 Å². The van der Waals surface area contributed by atoms with E-state index in [0.717, 1.165) is 12.0 Å². The summed E-state index contributed by atoms with van der Waals surface area (Å²) in [5, 5.41) is 9.07. The van der Waals surface area contributed by atoms with Crippen molar-refractivity contribution in [2.24, 2.45) is 0 Å². The van der Waals surface area contributed by atoms with Gasteiger partial charge in [0, 0.05) is 6.54 Å². The second-order valence-corrected chi connectivity index (χ2v) is 5.41. The number of nitrogens with one attached hydrogen (secondary N) is 1. The Balaban J connectivity index is 3.04. The fourth-order valence-electron chi connectivity index (χ4n) is 1.31. The van der Waals surface area contributed by atoms with Crippen LogP contribution in [0.15, 0.2) is 23.1 Å². The first-order valence-electron chi connectivity index (χ1n) is 5.21. The van der Waals surface area contributed by atoms with Crippen molar-refractivity contribution in [3.05, 3.63) is 29.3 Å². The molecule has 0 heterocycles. The van der Waals surface area contributed by atoms with Crippen molar-refractivity contribution in [1.82, 2.24) is 4.72 Å². The zero-order valence-electron chi connectivity index (χ0n) is 9.53. The molecule has 0 atom stereocenters. The molecule has 1 aromatic carbocycles. The molecule has 4 nitrogen and oxygen atoms in total. The van der Waals surface area contributed by atoms with E-state index in [2.05, 4.69) is 4.72 Å². The summed E-state index contributed by atoms with van der Waals surface area (Å²) in [5.74, 6) is 0. The van der Waals surface area contributed by atoms with E-state index < -0.39 is 10.0 Å². The van der Waals surface area contributed by atoms with Gasteiger partial charge < -0.3 is 5.11 Å². The first-order chi connectivity index (χ1) is 7.51. The fourth-order valence-corrected chi connectivity index (χ4v) is 2.49. The van der Waals surface area contributed by atoms with Crippen molar-refractivity contribution in [3.63, 3.8) is 0 Å². The van der Waals surface area contributed by atoms with Crippen LogP contribution in [0.1, 0.15) is 24.5 Å². The molecule has 0 amide bonds. The molecule has 5 heteroatoms. The van der Waals surface area contributed by atoms with Gasteiger partial charge in [0.25, 0.3) is 0 Å². The SMILES string of the molecule is CCCNS(=O)(=O)c1ccc(C)c(CO)c1. The number of aryl methyl sites for hydroxylation is 1. The number of sulfonamides is 1. The average molecular weight is 243 g/mol. The molecule has 1 rings (SSSR count). The molecule has 0 saturated carbocycles. The third-order valence-corrected chi connectivity index (χ3v) is 3.80. The summed E-state index contributed by atoms with van der Waals surface area (Å²) in [6, 6.07) is 4.76. The van der Waals surface area contributed by atoms with E-state index in [9.17, 15) is 8.42 Å². The summed E-state index contributed by atoms with van der Waals surface area (Å²) < 4.78 is 26.0. The Hall–Kier alpha value is -0.910. The van der Waals surface area contributed by atoms with Crippen LogP contribution in [0, 0.1) is 6.92 Å². The number of aliphatic hydroxyl groups excluding tert-OH is 1. The van der Waals surface area contributed by atoms with Crippen molar-refractivity contribution < 1.29 is 13.5 Å². The van der Waals surface area contributed by atoms with Crippen LogP contribution in [0.25, 0.3) is 0 Å². The van der Waals surface area contributed by atoms with Crippen LogP contribution in [0.2, 0.25) is 0 Å². The van der Waals surface area contributed by atoms with Crippen LogP contribution in [-0.4, -0.2) is 20.1 Å². The van der Waals surface area contributed by atoms with E-state index in [1.807, 2.05) is 13.8 Å². The molecular weight excluding hydrogens is 226 g/mol. The lowest BCUT2D eigenvalue weighted by atomic mass is 10.1. The highest BCUT2D eigenvalue weighted by atomic mass is 32.2. The summed E-state index contributed by atoms with van der Waals surface area (Å²) >= 11 is 0. The average Bonchev–Trinajstić information content (AvgIpc) is 2.27. The predicted octanol–water partition coefficient (Wildman–Crippen LogP) is 1.18. The maximum atomic E-state index is 11.8. The van der Waals surface area contributed by atoms with E-state index in [4.69, 9.17) is 5.11 Å². The molecule has 0 bridgehead atoms. The number of rotatable bonds is 5. The Morgan fingerprint density at radius 2 is 2.06 bits per heavy atom. The van der Waals surface area contributed by atoms with Crippen molar-refractivity contribution in [2.45, 2.75) is 31.8 Å². The summed E-state index contributed by atoms with van der Waals surface area (Å²) in [7, 11) is -3.43. The molecular formula is C11H17NO3S. The topological polar surface area (TPSA) is 66.4 Å². The molecule has 0 radical (unpaired) electrons. The van der Waals surface area contributed by atoms with Gasteiger partial charge in [-0.25, -0.2) is 13.1 Å². The molecule has 0 aromatic heterocycles. The second kappa shape index (κ2) is 5.43. The van der Waals surface area contributed by atoms with Crippen LogP contribution in [0.3, 0.4) is 0 Å². The monoisotopic (exact) mass is 243 g/mol. The highest BCUT2D eigenvalue weighted by Crippen LogP contribution is 2.15. The van der Waals surface area contributed by atoms with Crippen LogP contribution in [-0.2, 0) is 16.6 Å². The van der Waals surface area contributed by atoms with Crippen molar-refractivity contribution in [1.29, 1.82) is 0 Å². The highest BCUT2D eigenvalue weighted by molar-refractivity contribution is 7.89. The Kier molecular flexibility index (Phi) is 4.46. The molecule has 1 aromatic rings. The van der Waals surface area contributed by atoms with Crippen LogP contribution >= 0.6 is 0 Å². The Morgan fingerprint density at radius 1 is 1.38 bits per heavy atom. The molecule has 90 valence electrons. The zero-order chi connectivity index (χ0) is 12.2. The maximum absolute atomic E-state index is 11.8. The van der Waals surface area contributed by atoms with Gasteiger partial charge in [-0.2, -0.15) is 0 Å². The van der Waals surface area contributed by atoms with Crippen molar-refractivity contribution >= 4 is 10.0 Å². The van der Waals surface area contributed by atoms with Crippen molar-refractivity contribution in [2.75, 3.05) is 6.54 Å². The van der Waals surface area contributed by atoms with E-state index in [0.29, 0.717) is 12.1 Å². The van der Waals surface area contributed by atoms with Gasteiger partial charge in [0.1, 0.15) is 0 Å². The van der Waals surface area contributed by atoms with E-state index in [1.165, 1.54) is 6.07 Å². The minimum Gasteiger partial charge on any atom is -0.392 e. The first kappa shape index (κ1) is 13.2. The maximum Gasteiger partial charge on any atom is 0.240 e.